The van der Waals surface area contributed by atoms with Gasteiger partial charge < -0.3 is 10.2 Å². The van der Waals surface area contributed by atoms with Crippen LogP contribution in [0.2, 0.25) is 0 Å². The number of hydrogen-bond donors (Lipinski definition) is 5. The topological polar surface area (TPSA) is 250 Å². The van der Waals surface area contributed by atoms with Gasteiger partial charge in [0.25, 0.3) is 20.2 Å². The van der Waals surface area contributed by atoms with Gasteiger partial charge >= 0.3 is 5.97 Å². The van der Waals surface area contributed by atoms with Crippen LogP contribution >= 0.6 is 0 Å². The Kier molecular flexibility index (Phi) is 10.3. The molecule has 0 unspecified atom stereocenters. The molecule has 0 saturated carbocycles. The molecule has 3 aromatic rings. The molecule has 0 bridgehead atoms. The Morgan fingerprint density at radius 3 is 2.05 bits per heavy atom. The number of carboxylic acid groups (broad SMARTS) is 1. The van der Waals surface area contributed by atoms with Gasteiger partial charge in [0, 0.05) is 28.0 Å². The minimum Gasteiger partial charge on any atom is -0.504 e. The number of phenolic OH excluding ortho intramolecular Hbond substituents is 1. The molecule has 0 aliphatic heterocycles. The zero-order chi connectivity index (χ0) is 29.9. The summed E-state index contributed by atoms with van der Waals surface area (Å²) in [5, 5.41) is 31.9. The molecule has 0 aliphatic carbocycles. The second kappa shape index (κ2) is 12.7. The number of carboxylic acids is 1. The van der Waals surface area contributed by atoms with Crippen LogP contribution in [0.15, 0.2) is 103 Å². The van der Waals surface area contributed by atoms with Gasteiger partial charge in [-0.05, 0) is 30.3 Å². The fourth-order valence-electron chi connectivity index (χ4n) is 3.01. The summed E-state index contributed by atoms with van der Waals surface area (Å²) in [6.45, 7) is 3.13. The van der Waals surface area contributed by atoms with Crippen molar-refractivity contribution >= 4 is 53.3 Å². The SMILES string of the molecule is C=CS(=O)(=O)c1cc(NN=C(N=Nc2ccc(S(=O)(=O)O)cc2C(=O)O)c2ccccc2)c(O)c(S(=O)(=O)O)c1.[Cu]. The van der Waals surface area contributed by atoms with Gasteiger partial charge in [-0.25, -0.2) is 13.2 Å². The number of anilines is 1. The van der Waals surface area contributed by atoms with E-state index in [1.807, 2.05) is 0 Å². The largest absolute Gasteiger partial charge is 0.504 e. The number of aromatic carboxylic acids is 1. The number of hydrogen-bond acceptors (Lipinski definition) is 11. The van der Waals surface area contributed by atoms with Crippen molar-refractivity contribution in [2.45, 2.75) is 14.7 Å². The van der Waals surface area contributed by atoms with Gasteiger partial charge in [0.15, 0.2) is 15.6 Å². The quantitative estimate of drug-likeness (QED) is 0.0418. The summed E-state index contributed by atoms with van der Waals surface area (Å²) in [6.07, 6.45) is 0. The van der Waals surface area contributed by atoms with E-state index < -0.39 is 67.7 Å². The fourth-order valence-corrected chi connectivity index (χ4v) is 4.97. The number of benzene rings is 3. The Morgan fingerprint density at radius 1 is 0.878 bits per heavy atom. The van der Waals surface area contributed by atoms with Gasteiger partial charge in [0.05, 0.1) is 15.4 Å². The number of hydrazone groups is 1. The van der Waals surface area contributed by atoms with Crippen molar-refractivity contribution in [3.05, 3.63) is 83.8 Å². The van der Waals surface area contributed by atoms with Crippen LogP contribution in [0.5, 0.6) is 5.75 Å². The first-order valence-corrected chi connectivity index (χ1v) is 14.8. The first-order valence-electron chi connectivity index (χ1n) is 10.4. The van der Waals surface area contributed by atoms with Crippen LogP contribution in [0.4, 0.5) is 11.4 Å². The average Bonchev–Trinajstić information content (AvgIpc) is 2.88. The number of amidine groups is 1. The van der Waals surface area contributed by atoms with Crippen LogP contribution in [0.25, 0.3) is 0 Å². The number of nitrogens with one attached hydrogen (secondary N) is 1. The van der Waals surface area contributed by atoms with Crippen molar-refractivity contribution in [3.63, 3.8) is 0 Å². The van der Waals surface area contributed by atoms with E-state index in [9.17, 15) is 49.4 Å². The minimum absolute atomic E-state index is 0. The molecule has 0 amide bonds. The first kappa shape index (κ1) is 33.2. The Balaban J connectivity index is 0.00000588. The van der Waals surface area contributed by atoms with Crippen molar-refractivity contribution in [1.29, 1.82) is 0 Å². The van der Waals surface area contributed by atoms with Crippen LogP contribution in [-0.2, 0) is 47.1 Å². The summed E-state index contributed by atoms with van der Waals surface area (Å²) < 4.78 is 89.4. The number of azo groups is 1. The standard InChI is InChI=1S/C22H18N4O11S3.Cu/c1-2-38(30,31)15-11-18(20(27)19(12-15)40(35,36)37)24-26-21(13-6-4-3-5-7-13)25-23-17-9-8-14(39(32,33)34)10-16(17)22(28)29;/h2-12,24,27H,1H2,(H,28,29)(H,32,33,34)(H,35,36,37);. The summed E-state index contributed by atoms with van der Waals surface area (Å²) in [5.41, 5.74) is 0.905. The first-order chi connectivity index (χ1) is 18.5. The molecule has 41 heavy (non-hydrogen) atoms. The van der Waals surface area contributed by atoms with Gasteiger partial charge in [-0.1, -0.05) is 36.9 Å². The molecule has 0 spiro atoms. The van der Waals surface area contributed by atoms with Gasteiger partial charge in [-0.15, -0.1) is 10.2 Å². The predicted molar refractivity (Wildman–Crippen MR) is 140 cm³/mol. The van der Waals surface area contributed by atoms with Crippen molar-refractivity contribution in [1.82, 2.24) is 0 Å². The van der Waals surface area contributed by atoms with Gasteiger partial charge in [0.1, 0.15) is 16.3 Å². The molecular formula is C22H18CuN4O11S3. The zero-order valence-corrected chi connectivity index (χ0v) is 23.5. The number of phenols is 1. The summed E-state index contributed by atoms with van der Waals surface area (Å²) >= 11 is 0. The molecule has 0 atom stereocenters. The third-order valence-electron chi connectivity index (χ3n) is 4.94. The molecule has 3 aromatic carbocycles. The Bertz CT molecular complexity index is 1890. The van der Waals surface area contributed by atoms with Crippen LogP contribution in [0, 0.1) is 0 Å². The molecule has 0 fully saturated rings. The number of aromatic hydroxyl groups is 1. The van der Waals surface area contributed by atoms with E-state index in [4.69, 9.17) is 0 Å². The maximum absolute atomic E-state index is 12.3. The van der Waals surface area contributed by atoms with E-state index in [1.54, 1.807) is 18.2 Å². The molecule has 0 aliphatic rings. The molecule has 15 nitrogen and oxygen atoms in total. The fraction of sp³-hybridized carbons (Fsp3) is 0. The Hall–Kier alpha value is -3.97. The van der Waals surface area contributed by atoms with E-state index in [-0.39, 0.29) is 34.2 Å². The molecule has 5 N–H and O–H groups in total. The van der Waals surface area contributed by atoms with Crippen molar-refractivity contribution in [3.8, 4) is 5.75 Å². The van der Waals surface area contributed by atoms with Crippen LogP contribution in [0.1, 0.15) is 15.9 Å². The molecule has 1 radical (unpaired) electrons. The molecule has 3 rings (SSSR count). The van der Waals surface area contributed by atoms with Gasteiger partial charge in [-0.3, -0.25) is 14.5 Å². The third kappa shape index (κ3) is 8.04. The summed E-state index contributed by atoms with van der Waals surface area (Å²) in [7, 11) is -14.1. The third-order valence-corrected chi connectivity index (χ3v) is 7.99. The average molecular weight is 674 g/mol. The number of carbonyl (C=O) groups is 1. The normalized spacial score (nSPS) is 12.5. The minimum atomic E-state index is -5.11. The van der Waals surface area contributed by atoms with Crippen molar-refractivity contribution < 1.29 is 66.4 Å². The number of nitrogens with zero attached hydrogens (tertiary/aromatic N) is 3. The van der Waals surface area contributed by atoms with E-state index in [2.05, 4.69) is 27.3 Å². The summed E-state index contributed by atoms with van der Waals surface area (Å²) in [5.74, 6) is -2.99. The molecule has 0 heterocycles. The Morgan fingerprint density at radius 2 is 1.51 bits per heavy atom. The smallest absolute Gasteiger partial charge is 0.338 e. The van der Waals surface area contributed by atoms with Crippen LogP contribution in [-0.4, -0.2) is 56.4 Å². The summed E-state index contributed by atoms with van der Waals surface area (Å²) in [4.78, 5) is 9.11. The second-order valence-electron chi connectivity index (χ2n) is 7.58. The second-order valence-corrected chi connectivity index (χ2v) is 12.3. The van der Waals surface area contributed by atoms with E-state index in [1.165, 1.54) is 12.1 Å². The summed E-state index contributed by atoms with van der Waals surface area (Å²) in [6, 6.07) is 11.6. The monoisotopic (exact) mass is 673 g/mol. The van der Waals surface area contributed by atoms with Gasteiger partial charge in [0.2, 0.25) is 5.84 Å². The maximum Gasteiger partial charge on any atom is 0.338 e. The number of rotatable bonds is 9. The Labute approximate surface area is 243 Å². The van der Waals surface area contributed by atoms with E-state index >= 15 is 0 Å². The zero-order valence-electron chi connectivity index (χ0n) is 20.1. The van der Waals surface area contributed by atoms with Crippen LogP contribution in [0.3, 0.4) is 0 Å². The van der Waals surface area contributed by atoms with E-state index in [0.717, 1.165) is 18.2 Å². The van der Waals surface area contributed by atoms with Gasteiger partial charge in [-0.2, -0.15) is 21.9 Å². The molecule has 221 valence electrons. The van der Waals surface area contributed by atoms with Crippen LogP contribution < -0.4 is 5.43 Å². The van der Waals surface area contributed by atoms with E-state index in [0.29, 0.717) is 17.5 Å². The predicted octanol–water partition coefficient (Wildman–Crippen LogP) is 3.06. The molecule has 0 saturated heterocycles. The van der Waals surface area contributed by atoms with Crippen molar-refractivity contribution in [2.75, 3.05) is 5.43 Å². The molecule has 0 aromatic heterocycles. The maximum atomic E-state index is 12.3. The number of sulfone groups is 1. The molecular weight excluding hydrogens is 656 g/mol. The molecule has 19 heteroatoms. The van der Waals surface area contributed by atoms with Crippen molar-refractivity contribution in [2.24, 2.45) is 15.3 Å².